The second kappa shape index (κ2) is 7.00. The van der Waals surface area contributed by atoms with Crippen molar-refractivity contribution in [3.8, 4) is 0 Å². The molecule has 29 heavy (non-hydrogen) atoms. The van der Waals surface area contributed by atoms with E-state index in [9.17, 15) is 14.0 Å². The molecule has 0 unspecified atom stereocenters. The molecule has 0 saturated carbocycles. The Morgan fingerprint density at radius 3 is 2.66 bits per heavy atom. The predicted molar refractivity (Wildman–Crippen MR) is 112 cm³/mol. The van der Waals surface area contributed by atoms with Crippen molar-refractivity contribution in [1.82, 2.24) is 14.4 Å². The van der Waals surface area contributed by atoms with Gasteiger partial charge in [-0.25, -0.2) is 9.18 Å². The summed E-state index contributed by atoms with van der Waals surface area (Å²) in [5.41, 5.74) is 1.56. The number of ether oxygens (including phenoxy) is 1. The zero-order chi connectivity index (χ0) is 21.1. The van der Waals surface area contributed by atoms with Gasteiger partial charge in [0.15, 0.2) is 0 Å². The molecule has 2 aliphatic heterocycles. The second-order valence-corrected chi connectivity index (χ2v) is 9.58. The molecule has 3 heterocycles. The van der Waals surface area contributed by atoms with E-state index in [4.69, 9.17) is 4.74 Å². The van der Waals surface area contributed by atoms with E-state index in [0.717, 1.165) is 16.6 Å². The van der Waals surface area contributed by atoms with Crippen molar-refractivity contribution in [3.63, 3.8) is 0 Å². The van der Waals surface area contributed by atoms with E-state index in [-0.39, 0.29) is 18.0 Å². The summed E-state index contributed by atoms with van der Waals surface area (Å²) in [6.07, 6.45) is 0.353. The third kappa shape index (κ3) is 3.52. The van der Waals surface area contributed by atoms with Crippen molar-refractivity contribution in [2.45, 2.75) is 52.3 Å². The number of carbonyl (C=O) groups is 2. The van der Waals surface area contributed by atoms with Crippen molar-refractivity contribution in [3.05, 3.63) is 33.7 Å². The number of aromatic nitrogens is 1. The van der Waals surface area contributed by atoms with Crippen LogP contribution in [0.4, 0.5) is 9.18 Å². The van der Waals surface area contributed by atoms with Crippen molar-refractivity contribution in [1.29, 1.82) is 0 Å². The maximum Gasteiger partial charge on any atom is 0.410 e. The van der Waals surface area contributed by atoms with E-state index in [0.29, 0.717) is 42.6 Å². The molecule has 2 aromatic rings. The lowest BCUT2D eigenvalue weighted by atomic mass is 10.0. The highest BCUT2D eigenvalue weighted by atomic mass is 79.9. The summed E-state index contributed by atoms with van der Waals surface area (Å²) < 4.78 is 22.5. The fraction of sp³-hybridized carbons (Fsp3) is 0.524. The Morgan fingerprint density at radius 2 is 1.97 bits per heavy atom. The van der Waals surface area contributed by atoms with Crippen LogP contribution in [0.3, 0.4) is 0 Å². The number of carbonyl (C=O) groups excluding carboxylic acids is 2. The van der Waals surface area contributed by atoms with E-state index in [1.807, 2.05) is 33.8 Å². The fourth-order valence-corrected chi connectivity index (χ4v) is 4.68. The van der Waals surface area contributed by atoms with E-state index < -0.39 is 11.4 Å². The number of amides is 2. The highest BCUT2D eigenvalue weighted by Crippen LogP contribution is 2.35. The Kier molecular flexibility index (Phi) is 4.88. The van der Waals surface area contributed by atoms with Crippen LogP contribution in [0.5, 0.6) is 0 Å². The van der Waals surface area contributed by atoms with Crippen LogP contribution in [0, 0.1) is 12.7 Å². The molecule has 0 aliphatic carbocycles. The van der Waals surface area contributed by atoms with Crippen molar-refractivity contribution in [2.75, 3.05) is 19.6 Å². The highest BCUT2D eigenvalue weighted by Gasteiger charge is 2.37. The first-order valence-electron chi connectivity index (χ1n) is 9.83. The molecule has 1 atom stereocenters. The lowest BCUT2D eigenvalue weighted by molar-refractivity contribution is 0.00284. The number of benzene rings is 1. The minimum absolute atomic E-state index is 0.138. The van der Waals surface area contributed by atoms with Crippen LogP contribution >= 0.6 is 15.9 Å². The zero-order valence-corrected chi connectivity index (χ0v) is 18.7. The Labute approximate surface area is 177 Å². The number of fused-ring (bicyclic) bond motifs is 1. The summed E-state index contributed by atoms with van der Waals surface area (Å²) in [7, 11) is 0. The van der Waals surface area contributed by atoms with Gasteiger partial charge in [-0.3, -0.25) is 4.79 Å². The van der Waals surface area contributed by atoms with Gasteiger partial charge in [0.25, 0.3) is 5.91 Å². The maximum absolute atomic E-state index is 14.5. The summed E-state index contributed by atoms with van der Waals surface area (Å²) in [5.74, 6) is -0.628. The number of nitrogens with zero attached hydrogens (tertiary/aromatic N) is 3. The van der Waals surface area contributed by atoms with Gasteiger partial charge in [0, 0.05) is 37.3 Å². The topological polar surface area (TPSA) is 54.8 Å². The minimum atomic E-state index is -0.567. The molecule has 0 spiro atoms. The van der Waals surface area contributed by atoms with Crippen molar-refractivity contribution < 1.29 is 18.7 Å². The van der Waals surface area contributed by atoms with E-state index in [2.05, 4.69) is 20.5 Å². The Balaban J connectivity index is 1.69. The molecule has 2 amide bonds. The van der Waals surface area contributed by atoms with Gasteiger partial charge < -0.3 is 19.1 Å². The van der Waals surface area contributed by atoms with Crippen LogP contribution in [0.15, 0.2) is 16.6 Å². The van der Waals surface area contributed by atoms with Gasteiger partial charge in [0.05, 0.1) is 21.6 Å². The van der Waals surface area contributed by atoms with Crippen LogP contribution in [0.25, 0.3) is 10.9 Å². The number of rotatable bonds is 0. The first-order chi connectivity index (χ1) is 13.6. The lowest BCUT2D eigenvalue weighted by Crippen LogP contribution is -2.57. The van der Waals surface area contributed by atoms with E-state index in [1.165, 1.54) is 6.07 Å². The molecule has 1 fully saturated rings. The van der Waals surface area contributed by atoms with Gasteiger partial charge in [-0.2, -0.15) is 0 Å². The Hall–Kier alpha value is -2.09. The normalized spacial score (nSPS) is 19.8. The molecule has 0 radical (unpaired) electrons. The third-order valence-corrected chi connectivity index (χ3v) is 6.39. The Morgan fingerprint density at radius 1 is 1.24 bits per heavy atom. The van der Waals surface area contributed by atoms with Gasteiger partial charge in [0.2, 0.25) is 0 Å². The zero-order valence-electron chi connectivity index (χ0n) is 17.1. The molecule has 0 bridgehead atoms. The average molecular weight is 466 g/mol. The molecule has 4 rings (SSSR count). The van der Waals surface area contributed by atoms with Crippen LogP contribution in [-0.4, -0.2) is 57.6 Å². The first kappa shape index (κ1) is 20.2. The predicted octanol–water partition coefficient (Wildman–Crippen LogP) is 4.32. The van der Waals surface area contributed by atoms with Crippen LogP contribution < -0.4 is 0 Å². The summed E-state index contributed by atoms with van der Waals surface area (Å²) >= 11 is 3.33. The molecule has 8 heteroatoms. The highest BCUT2D eigenvalue weighted by molar-refractivity contribution is 9.10. The van der Waals surface area contributed by atoms with Gasteiger partial charge in [0.1, 0.15) is 11.4 Å². The molecule has 1 aromatic heterocycles. The standard InChI is InChI=1S/C21H25BrFN3O3/c1-12-9-14-17(22)16(23)10-15-18(14)25(12)6-5-13-11-24(7-8-26(13)19(15)27)20(28)29-21(2,3)4/h9-10,13H,5-8,11H2,1-4H3/t13-/m0/s1. The van der Waals surface area contributed by atoms with Gasteiger partial charge >= 0.3 is 6.09 Å². The molecule has 1 aromatic carbocycles. The summed E-state index contributed by atoms with van der Waals surface area (Å²) in [6, 6.07) is 3.10. The van der Waals surface area contributed by atoms with Gasteiger partial charge in [-0.1, -0.05) is 0 Å². The largest absolute Gasteiger partial charge is 0.444 e. The van der Waals surface area contributed by atoms with Gasteiger partial charge in [-0.15, -0.1) is 0 Å². The molecule has 6 nitrogen and oxygen atoms in total. The molecule has 156 valence electrons. The average Bonchev–Trinajstić information content (AvgIpc) is 2.96. The molecular formula is C21H25BrFN3O3. The third-order valence-electron chi connectivity index (χ3n) is 5.59. The van der Waals surface area contributed by atoms with Crippen LogP contribution in [-0.2, 0) is 11.3 Å². The maximum atomic E-state index is 14.5. The van der Waals surface area contributed by atoms with Gasteiger partial charge in [-0.05, 0) is 62.2 Å². The summed E-state index contributed by atoms with van der Waals surface area (Å²) in [5, 5.41) is 0.719. The van der Waals surface area contributed by atoms with Crippen molar-refractivity contribution in [2.24, 2.45) is 0 Å². The molecular weight excluding hydrogens is 441 g/mol. The minimum Gasteiger partial charge on any atom is -0.444 e. The molecule has 0 N–H and O–H groups in total. The van der Waals surface area contributed by atoms with E-state index in [1.54, 1.807) is 9.80 Å². The molecule has 2 aliphatic rings. The van der Waals surface area contributed by atoms with E-state index >= 15 is 0 Å². The first-order valence-corrected chi connectivity index (χ1v) is 10.6. The smallest absolute Gasteiger partial charge is 0.410 e. The number of halogens is 2. The SMILES string of the molecule is Cc1cc2c(Br)c(F)cc3c2n1CC[C@H]1CN(C(=O)OC(C)(C)C)CCN1C3=O. The quantitative estimate of drug-likeness (QED) is 0.582. The monoisotopic (exact) mass is 465 g/mol. The summed E-state index contributed by atoms with van der Waals surface area (Å²) in [6.45, 7) is 9.39. The lowest BCUT2D eigenvalue weighted by Gasteiger charge is -2.42. The number of hydrogen-bond acceptors (Lipinski definition) is 3. The van der Waals surface area contributed by atoms with Crippen LogP contribution in [0.2, 0.25) is 0 Å². The molecule has 1 saturated heterocycles. The van der Waals surface area contributed by atoms with Crippen LogP contribution in [0.1, 0.15) is 43.2 Å². The van der Waals surface area contributed by atoms with Crippen molar-refractivity contribution >= 4 is 38.8 Å². The Bertz CT molecular complexity index is 1010. The second-order valence-electron chi connectivity index (χ2n) is 8.79. The number of aryl methyl sites for hydroxylation is 2. The fourth-order valence-electron chi connectivity index (χ4n) is 4.27. The number of piperazine rings is 1. The number of hydrogen-bond donors (Lipinski definition) is 0. The summed E-state index contributed by atoms with van der Waals surface area (Å²) in [4.78, 5) is 29.4.